The zero-order valence-corrected chi connectivity index (χ0v) is 5.00. The van der Waals surface area contributed by atoms with Gasteiger partial charge < -0.3 is 4.52 Å². The van der Waals surface area contributed by atoms with E-state index in [1.165, 1.54) is 6.20 Å². The fourth-order valence-corrected chi connectivity index (χ4v) is 0.524. The van der Waals surface area contributed by atoms with Gasteiger partial charge in [0.1, 0.15) is 6.26 Å². The first kappa shape index (κ1) is 6.92. The summed E-state index contributed by atoms with van der Waals surface area (Å²) in [4.78, 5) is 0. The first-order chi connectivity index (χ1) is 4.84. The lowest BCUT2D eigenvalue weighted by Crippen LogP contribution is -1.81. The van der Waals surface area contributed by atoms with Gasteiger partial charge in [-0.05, 0) is 6.08 Å². The van der Waals surface area contributed by atoms with Crippen LogP contribution in [0, 0.1) is 0 Å². The predicted molar refractivity (Wildman–Crippen MR) is 30.6 cm³/mol. The summed E-state index contributed by atoms with van der Waals surface area (Å²) in [7, 11) is 0. The Hall–Kier alpha value is -1.19. The Labute approximate surface area is 56.1 Å². The van der Waals surface area contributed by atoms with Gasteiger partial charge in [-0.25, -0.2) is 8.78 Å². The molecule has 54 valence electrons. The third-order valence-electron chi connectivity index (χ3n) is 1.01. The van der Waals surface area contributed by atoms with Gasteiger partial charge in [0.25, 0.3) is 0 Å². The van der Waals surface area contributed by atoms with Crippen LogP contribution in [0.4, 0.5) is 8.78 Å². The zero-order chi connectivity index (χ0) is 7.40. The smallest absolute Gasteiger partial charge is 0.151 e. The molecule has 0 spiro atoms. The highest BCUT2D eigenvalue weighted by Gasteiger charge is 2.06. The SMILES string of the molecule is FC=CC(F)c1cnoc1. The van der Waals surface area contributed by atoms with Crippen molar-refractivity contribution in [1.29, 1.82) is 0 Å². The highest BCUT2D eigenvalue weighted by Crippen LogP contribution is 2.17. The summed E-state index contributed by atoms with van der Waals surface area (Å²) >= 11 is 0. The Morgan fingerprint density at radius 3 is 3.00 bits per heavy atom. The van der Waals surface area contributed by atoms with Gasteiger partial charge in [-0.2, -0.15) is 0 Å². The van der Waals surface area contributed by atoms with Crippen molar-refractivity contribution < 1.29 is 13.3 Å². The second kappa shape index (κ2) is 3.10. The van der Waals surface area contributed by atoms with Gasteiger partial charge in [-0.15, -0.1) is 0 Å². The van der Waals surface area contributed by atoms with Gasteiger partial charge >= 0.3 is 0 Å². The predicted octanol–water partition coefficient (Wildman–Crippen LogP) is 2.17. The quantitative estimate of drug-likeness (QED) is 0.637. The van der Waals surface area contributed by atoms with E-state index in [0.29, 0.717) is 0 Å². The number of nitrogens with zero attached hydrogens (tertiary/aromatic N) is 1. The summed E-state index contributed by atoms with van der Waals surface area (Å²) in [6.45, 7) is 0. The second-order valence-corrected chi connectivity index (χ2v) is 1.68. The molecule has 1 rings (SSSR count). The number of rotatable bonds is 2. The number of aromatic nitrogens is 1. The van der Waals surface area contributed by atoms with Crippen molar-refractivity contribution in [1.82, 2.24) is 5.16 Å². The van der Waals surface area contributed by atoms with Gasteiger partial charge in [-0.1, -0.05) is 5.16 Å². The Bertz CT molecular complexity index is 208. The van der Waals surface area contributed by atoms with Crippen LogP contribution in [-0.2, 0) is 0 Å². The molecule has 1 atom stereocenters. The molecule has 0 aliphatic carbocycles. The fraction of sp³-hybridized carbons (Fsp3) is 0.167. The molecule has 4 heteroatoms. The van der Waals surface area contributed by atoms with Crippen LogP contribution < -0.4 is 0 Å². The van der Waals surface area contributed by atoms with Gasteiger partial charge in [0, 0.05) is 5.56 Å². The monoisotopic (exact) mass is 145 g/mol. The van der Waals surface area contributed by atoms with E-state index < -0.39 is 6.17 Å². The number of allylic oxidation sites excluding steroid dienone is 1. The highest BCUT2D eigenvalue weighted by molar-refractivity contribution is 5.10. The minimum Gasteiger partial charge on any atom is -0.364 e. The van der Waals surface area contributed by atoms with Crippen LogP contribution >= 0.6 is 0 Å². The van der Waals surface area contributed by atoms with Gasteiger partial charge in [0.2, 0.25) is 0 Å². The molecule has 1 aromatic heterocycles. The summed E-state index contributed by atoms with van der Waals surface area (Å²) in [6.07, 6.45) is 1.79. The maximum Gasteiger partial charge on any atom is 0.151 e. The Kier molecular flexibility index (Phi) is 2.15. The zero-order valence-electron chi connectivity index (χ0n) is 5.00. The van der Waals surface area contributed by atoms with Crippen molar-refractivity contribution in [2.75, 3.05) is 0 Å². The summed E-state index contributed by atoms with van der Waals surface area (Å²) in [6, 6.07) is 0. The highest BCUT2D eigenvalue weighted by atomic mass is 19.1. The molecular formula is C6H5F2NO. The number of hydrogen-bond acceptors (Lipinski definition) is 2. The van der Waals surface area contributed by atoms with Gasteiger partial charge in [-0.3, -0.25) is 0 Å². The molecule has 0 radical (unpaired) electrons. The molecule has 0 N–H and O–H groups in total. The van der Waals surface area contributed by atoms with Crippen LogP contribution in [0.15, 0.2) is 29.4 Å². The van der Waals surface area contributed by atoms with Crippen molar-refractivity contribution in [2.24, 2.45) is 0 Å². The second-order valence-electron chi connectivity index (χ2n) is 1.68. The summed E-state index contributed by atoms with van der Waals surface area (Å²) < 4.78 is 28.2. The van der Waals surface area contributed by atoms with E-state index in [2.05, 4.69) is 9.68 Å². The lowest BCUT2D eigenvalue weighted by atomic mass is 10.2. The van der Waals surface area contributed by atoms with Crippen molar-refractivity contribution in [3.63, 3.8) is 0 Å². The van der Waals surface area contributed by atoms with Crippen LogP contribution in [0.25, 0.3) is 0 Å². The normalized spacial score (nSPS) is 14.2. The summed E-state index contributed by atoms with van der Waals surface area (Å²) in [5.41, 5.74) is 0.217. The minimum absolute atomic E-state index is 0.150. The molecule has 10 heavy (non-hydrogen) atoms. The van der Waals surface area contributed by atoms with Crippen molar-refractivity contribution in [3.8, 4) is 0 Å². The molecule has 0 saturated heterocycles. The molecule has 1 heterocycles. The van der Waals surface area contributed by atoms with Crippen molar-refractivity contribution in [2.45, 2.75) is 6.17 Å². The molecule has 0 amide bonds. The molecule has 0 aliphatic heterocycles. The summed E-state index contributed by atoms with van der Waals surface area (Å²) in [5, 5.41) is 3.25. The van der Waals surface area contributed by atoms with E-state index >= 15 is 0 Å². The molecule has 1 unspecified atom stereocenters. The number of hydrogen-bond donors (Lipinski definition) is 0. The Morgan fingerprint density at radius 1 is 1.70 bits per heavy atom. The first-order valence-electron chi connectivity index (χ1n) is 2.65. The van der Waals surface area contributed by atoms with Crippen LogP contribution in [0.3, 0.4) is 0 Å². The van der Waals surface area contributed by atoms with E-state index in [1.54, 1.807) is 0 Å². The van der Waals surface area contributed by atoms with Crippen molar-refractivity contribution in [3.05, 3.63) is 30.4 Å². The Morgan fingerprint density at radius 2 is 2.50 bits per heavy atom. The van der Waals surface area contributed by atoms with E-state index in [4.69, 9.17) is 0 Å². The Balaban J connectivity index is 2.67. The van der Waals surface area contributed by atoms with Gasteiger partial charge in [0.05, 0.1) is 12.5 Å². The van der Waals surface area contributed by atoms with Crippen molar-refractivity contribution >= 4 is 0 Å². The molecule has 0 saturated carbocycles. The third-order valence-corrected chi connectivity index (χ3v) is 1.01. The largest absolute Gasteiger partial charge is 0.364 e. The maximum absolute atomic E-state index is 12.5. The maximum atomic E-state index is 12.5. The van der Waals surface area contributed by atoms with Crippen LogP contribution in [-0.4, -0.2) is 5.16 Å². The molecule has 1 aromatic rings. The number of alkyl halides is 1. The van der Waals surface area contributed by atoms with Crippen LogP contribution in [0.2, 0.25) is 0 Å². The van der Waals surface area contributed by atoms with Crippen LogP contribution in [0.5, 0.6) is 0 Å². The number of halogens is 2. The standard InChI is InChI=1S/C6H5F2NO/c7-2-1-6(8)5-3-9-10-4-5/h1-4,6H. The molecule has 2 nitrogen and oxygen atoms in total. The molecule has 0 bridgehead atoms. The average molecular weight is 145 g/mol. The molecule has 0 aromatic carbocycles. The lowest BCUT2D eigenvalue weighted by Gasteiger charge is -1.92. The van der Waals surface area contributed by atoms with E-state index in [9.17, 15) is 8.78 Å². The van der Waals surface area contributed by atoms with E-state index in [0.717, 1.165) is 12.3 Å². The summed E-state index contributed by atoms with van der Waals surface area (Å²) in [5.74, 6) is 0. The third kappa shape index (κ3) is 1.40. The molecule has 0 fully saturated rings. The average Bonchev–Trinajstić information content (AvgIpc) is 2.38. The topological polar surface area (TPSA) is 26.0 Å². The van der Waals surface area contributed by atoms with E-state index in [1.807, 2.05) is 0 Å². The fourth-order valence-electron chi connectivity index (χ4n) is 0.524. The minimum atomic E-state index is -1.46. The molecular weight excluding hydrogens is 140 g/mol. The first-order valence-corrected chi connectivity index (χ1v) is 2.65. The van der Waals surface area contributed by atoms with E-state index in [-0.39, 0.29) is 11.9 Å². The lowest BCUT2D eigenvalue weighted by molar-refractivity contribution is 0.396. The molecule has 0 aliphatic rings. The van der Waals surface area contributed by atoms with Gasteiger partial charge in [0.15, 0.2) is 6.17 Å². The van der Waals surface area contributed by atoms with Crippen LogP contribution in [0.1, 0.15) is 11.7 Å².